The summed E-state index contributed by atoms with van der Waals surface area (Å²) in [5.41, 5.74) is 0.885. The van der Waals surface area contributed by atoms with Crippen LogP contribution in [0.4, 0.5) is 11.9 Å². The molecule has 0 aliphatic carbocycles. The average Bonchev–Trinajstić information content (AvgIpc) is 2.53. The van der Waals surface area contributed by atoms with E-state index in [1.165, 1.54) is 6.92 Å². The number of rotatable bonds is 8. The molecule has 0 saturated heterocycles. The lowest BCUT2D eigenvalue weighted by Gasteiger charge is -2.17. The van der Waals surface area contributed by atoms with E-state index in [1.54, 1.807) is 13.1 Å². The molecule has 0 saturated carbocycles. The van der Waals surface area contributed by atoms with Gasteiger partial charge in [-0.1, -0.05) is 13.0 Å². The first kappa shape index (κ1) is 17.7. The molecule has 24 heavy (non-hydrogen) atoms. The Kier molecular flexibility index (Phi) is 6.56. The van der Waals surface area contributed by atoms with Crippen LogP contribution in [0.1, 0.15) is 31.8 Å². The summed E-state index contributed by atoms with van der Waals surface area (Å²) in [6.45, 7) is 6.15. The summed E-state index contributed by atoms with van der Waals surface area (Å²) in [5, 5.41) is 5.77. The van der Waals surface area contributed by atoms with Crippen molar-refractivity contribution in [2.45, 2.75) is 39.8 Å². The maximum absolute atomic E-state index is 11.1. The van der Waals surface area contributed by atoms with E-state index in [9.17, 15) is 4.79 Å². The third-order valence-corrected chi connectivity index (χ3v) is 3.16. The van der Waals surface area contributed by atoms with E-state index in [1.807, 2.05) is 25.1 Å². The summed E-state index contributed by atoms with van der Waals surface area (Å²) < 4.78 is 5.70. The van der Waals surface area contributed by atoms with Gasteiger partial charge in [-0.3, -0.25) is 15.1 Å². The van der Waals surface area contributed by atoms with Crippen LogP contribution in [0.25, 0.3) is 0 Å². The molecule has 2 aromatic rings. The maximum atomic E-state index is 11.1. The predicted molar refractivity (Wildman–Crippen MR) is 90.5 cm³/mol. The Hall–Kier alpha value is -2.61. The minimum absolute atomic E-state index is 0.0423. The van der Waals surface area contributed by atoms with Crippen LogP contribution in [-0.2, 0) is 16.1 Å². The van der Waals surface area contributed by atoms with Crippen molar-refractivity contribution in [2.24, 2.45) is 0 Å². The average molecular weight is 330 g/mol. The van der Waals surface area contributed by atoms with Crippen LogP contribution in [0.2, 0.25) is 0 Å². The van der Waals surface area contributed by atoms with E-state index >= 15 is 0 Å². The molecule has 2 rings (SSSR count). The SMILES string of the molecule is CCC(COCc1ccccn1)Nc1nc(C)nc(NC(C)=O)n1. The van der Waals surface area contributed by atoms with Crippen molar-refractivity contribution in [2.75, 3.05) is 17.2 Å². The number of carbonyl (C=O) groups excluding carboxylic acids is 1. The van der Waals surface area contributed by atoms with Crippen molar-refractivity contribution in [1.29, 1.82) is 0 Å². The van der Waals surface area contributed by atoms with Gasteiger partial charge in [-0.25, -0.2) is 0 Å². The maximum Gasteiger partial charge on any atom is 0.234 e. The lowest BCUT2D eigenvalue weighted by molar-refractivity contribution is -0.114. The molecular formula is C16H22N6O2. The molecule has 0 aliphatic heterocycles. The van der Waals surface area contributed by atoms with Gasteiger partial charge in [0.1, 0.15) is 5.82 Å². The monoisotopic (exact) mass is 330 g/mol. The van der Waals surface area contributed by atoms with Gasteiger partial charge in [-0.05, 0) is 25.5 Å². The normalized spacial score (nSPS) is 11.8. The number of aromatic nitrogens is 4. The van der Waals surface area contributed by atoms with Crippen molar-refractivity contribution in [1.82, 2.24) is 19.9 Å². The van der Waals surface area contributed by atoms with Gasteiger partial charge in [0.25, 0.3) is 0 Å². The number of pyridine rings is 1. The van der Waals surface area contributed by atoms with Gasteiger partial charge in [-0.2, -0.15) is 15.0 Å². The number of hydrogen-bond acceptors (Lipinski definition) is 7. The topological polar surface area (TPSA) is 102 Å². The fourth-order valence-electron chi connectivity index (χ4n) is 1.99. The highest BCUT2D eigenvalue weighted by Gasteiger charge is 2.11. The smallest absolute Gasteiger partial charge is 0.234 e. The first-order valence-corrected chi connectivity index (χ1v) is 7.81. The molecule has 2 heterocycles. The Labute approximate surface area is 141 Å². The van der Waals surface area contributed by atoms with E-state index in [0.29, 0.717) is 25.0 Å². The van der Waals surface area contributed by atoms with Crippen LogP contribution in [0.5, 0.6) is 0 Å². The van der Waals surface area contributed by atoms with Gasteiger partial charge in [0.05, 0.1) is 24.9 Å². The van der Waals surface area contributed by atoms with Crippen molar-refractivity contribution < 1.29 is 9.53 Å². The molecule has 0 bridgehead atoms. The molecule has 2 N–H and O–H groups in total. The minimum Gasteiger partial charge on any atom is -0.373 e. The van der Waals surface area contributed by atoms with Crippen LogP contribution in [0.3, 0.4) is 0 Å². The van der Waals surface area contributed by atoms with E-state index < -0.39 is 0 Å². The highest BCUT2D eigenvalue weighted by molar-refractivity contribution is 5.86. The quantitative estimate of drug-likeness (QED) is 0.762. The third kappa shape index (κ3) is 5.88. The molecule has 0 fully saturated rings. The van der Waals surface area contributed by atoms with Crippen LogP contribution in [0, 0.1) is 6.92 Å². The molecule has 8 nitrogen and oxygen atoms in total. The molecule has 1 atom stereocenters. The van der Waals surface area contributed by atoms with Crippen LogP contribution in [0.15, 0.2) is 24.4 Å². The largest absolute Gasteiger partial charge is 0.373 e. The zero-order chi connectivity index (χ0) is 17.4. The Balaban J connectivity index is 1.92. The molecular weight excluding hydrogens is 308 g/mol. The van der Waals surface area contributed by atoms with Gasteiger partial charge < -0.3 is 10.1 Å². The Morgan fingerprint density at radius 1 is 1.25 bits per heavy atom. The first-order valence-electron chi connectivity index (χ1n) is 7.81. The lowest BCUT2D eigenvalue weighted by atomic mass is 10.2. The number of aryl methyl sites for hydroxylation is 1. The standard InChI is InChI=1S/C16H22N6O2/c1-4-13(9-24-10-14-7-5-6-8-17-14)21-16-19-11(2)18-15(22-16)20-12(3)23/h5-8,13H,4,9-10H2,1-3H3,(H2,18,19,20,21,22,23). The molecule has 1 amide bonds. The Bertz CT molecular complexity index is 665. The summed E-state index contributed by atoms with van der Waals surface area (Å²) in [5.74, 6) is 0.957. The molecule has 8 heteroatoms. The number of amides is 1. The lowest BCUT2D eigenvalue weighted by Crippen LogP contribution is -2.26. The van der Waals surface area contributed by atoms with Crippen molar-refractivity contribution in [3.63, 3.8) is 0 Å². The van der Waals surface area contributed by atoms with Crippen molar-refractivity contribution in [3.05, 3.63) is 35.9 Å². The zero-order valence-corrected chi connectivity index (χ0v) is 14.1. The summed E-state index contributed by atoms with van der Waals surface area (Å²) in [4.78, 5) is 27.9. The highest BCUT2D eigenvalue weighted by atomic mass is 16.5. The summed E-state index contributed by atoms with van der Waals surface area (Å²) in [7, 11) is 0. The number of nitrogens with zero attached hydrogens (tertiary/aromatic N) is 4. The number of carbonyl (C=O) groups is 1. The summed E-state index contributed by atoms with van der Waals surface area (Å²) >= 11 is 0. The molecule has 0 radical (unpaired) electrons. The number of hydrogen-bond donors (Lipinski definition) is 2. The number of nitrogens with one attached hydrogen (secondary N) is 2. The second kappa shape index (κ2) is 8.88. The molecule has 0 aliphatic rings. The second-order valence-electron chi connectivity index (χ2n) is 5.30. The fraction of sp³-hybridized carbons (Fsp3) is 0.438. The van der Waals surface area contributed by atoms with Gasteiger partial charge in [0.2, 0.25) is 17.8 Å². The van der Waals surface area contributed by atoms with Crippen LogP contribution < -0.4 is 10.6 Å². The van der Waals surface area contributed by atoms with Gasteiger partial charge in [0, 0.05) is 13.1 Å². The second-order valence-corrected chi connectivity index (χ2v) is 5.30. The molecule has 0 aromatic carbocycles. The Morgan fingerprint density at radius 2 is 2.04 bits per heavy atom. The van der Waals surface area contributed by atoms with Crippen molar-refractivity contribution >= 4 is 17.8 Å². The van der Waals surface area contributed by atoms with E-state index in [0.717, 1.165) is 12.1 Å². The summed E-state index contributed by atoms with van der Waals surface area (Å²) in [6.07, 6.45) is 2.58. The number of ether oxygens (including phenoxy) is 1. The Morgan fingerprint density at radius 3 is 2.71 bits per heavy atom. The molecule has 0 spiro atoms. The van der Waals surface area contributed by atoms with Crippen molar-refractivity contribution in [3.8, 4) is 0 Å². The molecule has 128 valence electrons. The first-order chi connectivity index (χ1) is 11.6. The zero-order valence-electron chi connectivity index (χ0n) is 14.1. The minimum atomic E-state index is -0.225. The van der Waals surface area contributed by atoms with E-state index in [-0.39, 0.29) is 17.9 Å². The fourth-order valence-corrected chi connectivity index (χ4v) is 1.99. The third-order valence-electron chi connectivity index (χ3n) is 3.16. The van der Waals surface area contributed by atoms with Crippen LogP contribution >= 0.6 is 0 Å². The molecule has 2 aromatic heterocycles. The van der Waals surface area contributed by atoms with Crippen LogP contribution in [-0.4, -0.2) is 38.5 Å². The molecule has 1 unspecified atom stereocenters. The van der Waals surface area contributed by atoms with Gasteiger partial charge in [0.15, 0.2) is 0 Å². The summed E-state index contributed by atoms with van der Waals surface area (Å²) in [6, 6.07) is 5.76. The highest BCUT2D eigenvalue weighted by Crippen LogP contribution is 2.09. The predicted octanol–water partition coefficient (Wildman–Crippen LogP) is 1.94. The van der Waals surface area contributed by atoms with Gasteiger partial charge in [-0.15, -0.1) is 0 Å². The van der Waals surface area contributed by atoms with E-state index in [4.69, 9.17) is 4.74 Å². The van der Waals surface area contributed by atoms with E-state index in [2.05, 4.69) is 30.6 Å². The number of anilines is 2. The van der Waals surface area contributed by atoms with Gasteiger partial charge >= 0.3 is 0 Å².